The van der Waals surface area contributed by atoms with Gasteiger partial charge in [-0.25, -0.2) is 9.97 Å². The first kappa shape index (κ1) is 7.43. The molecule has 0 aromatic carbocycles. The van der Waals surface area contributed by atoms with Gasteiger partial charge in [0.25, 0.3) is 0 Å². The number of nitrogens with zero attached hydrogens (tertiary/aromatic N) is 2. The van der Waals surface area contributed by atoms with Crippen LogP contribution in [0.1, 0.15) is 5.69 Å². The van der Waals surface area contributed by atoms with E-state index in [-0.39, 0.29) is 0 Å². The Morgan fingerprint density at radius 3 is 2.80 bits per heavy atom. The van der Waals surface area contributed by atoms with Crippen LogP contribution in [0.25, 0.3) is 0 Å². The number of nitrogen functional groups attached to an aromatic ring is 1. The Hall–Kier alpha value is -0.680. The van der Waals surface area contributed by atoms with Gasteiger partial charge in [0.15, 0.2) is 0 Å². The third kappa shape index (κ3) is 1.43. The zero-order chi connectivity index (χ0) is 7.56. The SMILES string of the molecule is NCc1nc(Br)cnc1N. The Morgan fingerprint density at radius 2 is 2.30 bits per heavy atom. The quantitative estimate of drug-likeness (QED) is 0.687. The van der Waals surface area contributed by atoms with Crippen LogP contribution in [0.4, 0.5) is 5.82 Å². The van der Waals surface area contributed by atoms with E-state index in [2.05, 4.69) is 25.9 Å². The molecule has 0 aliphatic heterocycles. The van der Waals surface area contributed by atoms with Crippen molar-refractivity contribution in [1.82, 2.24) is 9.97 Å². The molecule has 0 saturated carbocycles. The molecule has 0 aliphatic rings. The highest BCUT2D eigenvalue weighted by Crippen LogP contribution is 2.08. The average Bonchev–Trinajstić information content (AvgIpc) is 1.94. The summed E-state index contributed by atoms with van der Waals surface area (Å²) in [4.78, 5) is 7.83. The fraction of sp³-hybridized carbons (Fsp3) is 0.200. The lowest BCUT2D eigenvalue weighted by Gasteiger charge is -1.98. The highest BCUT2D eigenvalue weighted by Gasteiger charge is 1.98. The van der Waals surface area contributed by atoms with E-state index in [1.54, 1.807) is 0 Å². The van der Waals surface area contributed by atoms with Crippen molar-refractivity contribution in [3.63, 3.8) is 0 Å². The molecule has 0 fully saturated rings. The molecule has 5 heteroatoms. The molecule has 0 amide bonds. The molecule has 4 N–H and O–H groups in total. The molecular weight excluding hydrogens is 196 g/mol. The Balaban J connectivity index is 3.09. The summed E-state index contributed by atoms with van der Waals surface area (Å²) in [6, 6.07) is 0. The number of hydrogen-bond acceptors (Lipinski definition) is 4. The van der Waals surface area contributed by atoms with Crippen LogP contribution >= 0.6 is 15.9 Å². The van der Waals surface area contributed by atoms with Crippen molar-refractivity contribution in [2.45, 2.75) is 6.54 Å². The van der Waals surface area contributed by atoms with Crippen molar-refractivity contribution >= 4 is 21.7 Å². The van der Waals surface area contributed by atoms with Gasteiger partial charge in [0, 0.05) is 6.54 Å². The van der Waals surface area contributed by atoms with Gasteiger partial charge in [-0.05, 0) is 15.9 Å². The zero-order valence-electron chi connectivity index (χ0n) is 5.21. The Morgan fingerprint density at radius 1 is 1.60 bits per heavy atom. The molecular formula is C5H7BrN4. The smallest absolute Gasteiger partial charge is 0.146 e. The number of hydrogen-bond donors (Lipinski definition) is 2. The van der Waals surface area contributed by atoms with E-state index >= 15 is 0 Å². The molecule has 0 aliphatic carbocycles. The molecule has 1 rings (SSSR count). The topological polar surface area (TPSA) is 77.8 Å². The van der Waals surface area contributed by atoms with Crippen LogP contribution in [0.15, 0.2) is 10.8 Å². The Bertz CT molecular complexity index is 237. The summed E-state index contributed by atoms with van der Waals surface area (Å²) in [5, 5.41) is 0. The van der Waals surface area contributed by atoms with Crippen molar-refractivity contribution in [3.8, 4) is 0 Å². The lowest BCUT2D eigenvalue weighted by molar-refractivity contribution is 0.959. The van der Waals surface area contributed by atoms with E-state index < -0.39 is 0 Å². The standard InChI is InChI=1S/C5H7BrN4/c6-4-2-9-5(8)3(1-7)10-4/h2H,1,7H2,(H2,8,9). The maximum Gasteiger partial charge on any atom is 0.146 e. The van der Waals surface area contributed by atoms with Gasteiger partial charge in [-0.2, -0.15) is 0 Å². The van der Waals surface area contributed by atoms with E-state index in [4.69, 9.17) is 11.5 Å². The molecule has 0 saturated heterocycles. The Kier molecular flexibility index (Phi) is 2.18. The number of nitrogens with two attached hydrogens (primary N) is 2. The lowest BCUT2D eigenvalue weighted by Crippen LogP contribution is -2.06. The maximum atomic E-state index is 5.43. The summed E-state index contributed by atoms with van der Waals surface area (Å²) in [5.41, 5.74) is 11.4. The minimum absolute atomic E-state index is 0.318. The van der Waals surface area contributed by atoms with Gasteiger partial charge in [0.2, 0.25) is 0 Å². The van der Waals surface area contributed by atoms with Gasteiger partial charge in [-0.3, -0.25) is 0 Å². The van der Waals surface area contributed by atoms with E-state index in [0.717, 1.165) is 0 Å². The summed E-state index contributed by atoms with van der Waals surface area (Å²) in [6.07, 6.45) is 1.54. The Labute approximate surface area is 66.8 Å². The summed E-state index contributed by atoms with van der Waals surface area (Å²) in [5.74, 6) is 0.394. The van der Waals surface area contributed by atoms with E-state index in [9.17, 15) is 0 Å². The molecule has 54 valence electrons. The maximum absolute atomic E-state index is 5.43. The van der Waals surface area contributed by atoms with Gasteiger partial charge >= 0.3 is 0 Å². The van der Waals surface area contributed by atoms with Crippen LogP contribution in [0.3, 0.4) is 0 Å². The summed E-state index contributed by atoms with van der Waals surface area (Å²) >= 11 is 3.15. The highest BCUT2D eigenvalue weighted by atomic mass is 79.9. The summed E-state index contributed by atoms with van der Waals surface area (Å²) in [7, 11) is 0. The van der Waals surface area contributed by atoms with Crippen molar-refractivity contribution < 1.29 is 0 Å². The van der Waals surface area contributed by atoms with Crippen LogP contribution in [0, 0.1) is 0 Å². The molecule has 1 aromatic heterocycles. The second kappa shape index (κ2) is 2.94. The fourth-order valence-electron chi connectivity index (χ4n) is 0.563. The first-order valence-electron chi connectivity index (χ1n) is 2.71. The van der Waals surface area contributed by atoms with E-state index in [1.165, 1.54) is 6.20 Å². The van der Waals surface area contributed by atoms with Crippen LogP contribution in [-0.4, -0.2) is 9.97 Å². The van der Waals surface area contributed by atoms with Crippen LogP contribution < -0.4 is 11.5 Å². The second-order valence-electron chi connectivity index (χ2n) is 1.73. The largest absolute Gasteiger partial charge is 0.382 e. The van der Waals surface area contributed by atoms with Gasteiger partial charge in [0.1, 0.15) is 10.4 Å². The second-order valence-corrected chi connectivity index (χ2v) is 2.54. The molecule has 0 atom stereocenters. The first-order chi connectivity index (χ1) is 4.74. The van der Waals surface area contributed by atoms with Crippen LogP contribution in [0.5, 0.6) is 0 Å². The third-order valence-electron chi connectivity index (χ3n) is 1.04. The monoisotopic (exact) mass is 202 g/mol. The van der Waals surface area contributed by atoms with Gasteiger partial charge in [-0.15, -0.1) is 0 Å². The van der Waals surface area contributed by atoms with Gasteiger partial charge in [-0.1, -0.05) is 0 Å². The van der Waals surface area contributed by atoms with Gasteiger partial charge in [0.05, 0.1) is 11.9 Å². The lowest BCUT2D eigenvalue weighted by atomic mass is 10.4. The number of anilines is 1. The molecule has 4 nitrogen and oxygen atoms in total. The predicted molar refractivity (Wildman–Crippen MR) is 42.0 cm³/mol. The molecule has 0 spiro atoms. The number of rotatable bonds is 1. The van der Waals surface area contributed by atoms with E-state index in [1.807, 2.05) is 0 Å². The van der Waals surface area contributed by atoms with Crippen LogP contribution in [0.2, 0.25) is 0 Å². The third-order valence-corrected chi connectivity index (χ3v) is 1.42. The van der Waals surface area contributed by atoms with Crippen molar-refractivity contribution in [2.24, 2.45) is 5.73 Å². The van der Waals surface area contributed by atoms with Crippen molar-refractivity contribution in [1.29, 1.82) is 0 Å². The highest BCUT2D eigenvalue weighted by molar-refractivity contribution is 9.10. The summed E-state index contributed by atoms with van der Waals surface area (Å²) in [6.45, 7) is 0.318. The molecule has 1 aromatic rings. The summed E-state index contributed by atoms with van der Waals surface area (Å²) < 4.78 is 0.655. The molecule has 1 heterocycles. The molecule has 10 heavy (non-hydrogen) atoms. The van der Waals surface area contributed by atoms with Crippen molar-refractivity contribution in [2.75, 3.05) is 5.73 Å². The predicted octanol–water partition coefficient (Wildman–Crippen LogP) is 0.280. The average molecular weight is 203 g/mol. The minimum atomic E-state index is 0.318. The van der Waals surface area contributed by atoms with Crippen molar-refractivity contribution in [3.05, 3.63) is 16.5 Å². The molecule has 0 unspecified atom stereocenters. The van der Waals surface area contributed by atoms with Crippen LogP contribution in [-0.2, 0) is 6.54 Å². The van der Waals surface area contributed by atoms with Gasteiger partial charge < -0.3 is 11.5 Å². The first-order valence-corrected chi connectivity index (χ1v) is 3.50. The zero-order valence-corrected chi connectivity index (χ0v) is 6.80. The fourth-order valence-corrected chi connectivity index (χ4v) is 0.879. The minimum Gasteiger partial charge on any atom is -0.382 e. The number of halogens is 1. The normalized spacial score (nSPS) is 9.80. The van der Waals surface area contributed by atoms with E-state index in [0.29, 0.717) is 22.7 Å². The molecule has 0 radical (unpaired) electrons. The number of aromatic nitrogens is 2. The molecule has 0 bridgehead atoms.